The van der Waals surface area contributed by atoms with E-state index in [9.17, 15) is 9.59 Å². The number of amides is 2. The predicted molar refractivity (Wildman–Crippen MR) is 91.8 cm³/mol. The van der Waals surface area contributed by atoms with Crippen LogP contribution >= 0.6 is 0 Å². The number of hydrogen-bond donors (Lipinski definition) is 1. The zero-order chi connectivity index (χ0) is 18.0. The van der Waals surface area contributed by atoms with Crippen LogP contribution in [0.3, 0.4) is 0 Å². The molecule has 0 bridgehead atoms. The van der Waals surface area contributed by atoms with E-state index in [1.165, 1.54) is 7.11 Å². The first-order chi connectivity index (χ1) is 12.0. The number of anilines is 2. The van der Waals surface area contributed by atoms with Gasteiger partial charge in [-0.1, -0.05) is 0 Å². The van der Waals surface area contributed by atoms with Gasteiger partial charge in [0, 0.05) is 38.0 Å². The second-order valence-electron chi connectivity index (χ2n) is 5.84. The molecule has 8 nitrogen and oxygen atoms in total. The quantitative estimate of drug-likeness (QED) is 0.887. The molecule has 1 unspecified atom stereocenters. The van der Waals surface area contributed by atoms with Gasteiger partial charge in [0.1, 0.15) is 0 Å². The standard InChI is InChI=1S/C17H20N4O4/c1-20-10-12(8-18-20)19-17(23)11-6-16(22)21(9-11)13-4-5-14(24-2)15(7-13)25-3/h4-5,7-8,10-11H,6,9H2,1-3H3,(H,19,23). The highest BCUT2D eigenvalue weighted by atomic mass is 16.5. The Morgan fingerprint density at radius 1 is 1.28 bits per heavy atom. The summed E-state index contributed by atoms with van der Waals surface area (Å²) in [4.78, 5) is 26.3. The van der Waals surface area contributed by atoms with E-state index in [0.717, 1.165) is 0 Å². The number of hydrogen-bond acceptors (Lipinski definition) is 5. The lowest BCUT2D eigenvalue weighted by atomic mass is 10.1. The van der Waals surface area contributed by atoms with Crippen molar-refractivity contribution in [2.24, 2.45) is 13.0 Å². The van der Waals surface area contributed by atoms with Gasteiger partial charge in [-0.05, 0) is 12.1 Å². The summed E-state index contributed by atoms with van der Waals surface area (Å²) in [5.41, 5.74) is 1.30. The highest BCUT2D eigenvalue weighted by molar-refractivity contribution is 6.03. The topological polar surface area (TPSA) is 85.7 Å². The average molecular weight is 344 g/mol. The maximum absolute atomic E-state index is 12.4. The van der Waals surface area contributed by atoms with Crippen LogP contribution in [0.2, 0.25) is 0 Å². The van der Waals surface area contributed by atoms with E-state index in [0.29, 0.717) is 29.4 Å². The van der Waals surface area contributed by atoms with Crippen LogP contribution in [0, 0.1) is 5.92 Å². The molecule has 3 rings (SSSR count). The average Bonchev–Trinajstić information content (AvgIpc) is 3.19. The fourth-order valence-electron chi connectivity index (χ4n) is 2.86. The van der Waals surface area contributed by atoms with Crippen molar-refractivity contribution in [3.8, 4) is 11.5 Å². The Morgan fingerprint density at radius 3 is 2.68 bits per heavy atom. The number of methoxy groups -OCH3 is 2. The van der Waals surface area contributed by atoms with Gasteiger partial charge >= 0.3 is 0 Å². The summed E-state index contributed by atoms with van der Waals surface area (Å²) < 4.78 is 12.1. The van der Waals surface area contributed by atoms with Crippen molar-refractivity contribution in [3.63, 3.8) is 0 Å². The summed E-state index contributed by atoms with van der Waals surface area (Å²) in [5.74, 6) is 0.420. The molecule has 1 N–H and O–H groups in total. The molecule has 0 radical (unpaired) electrons. The number of aromatic nitrogens is 2. The molecule has 1 fully saturated rings. The van der Waals surface area contributed by atoms with Crippen LogP contribution in [0.5, 0.6) is 11.5 Å². The predicted octanol–water partition coefficient (Wildman–Crippen LogP) is 1.43. The van der Waals surface area contributed by atoms with Crippen molar-refractivity contribution in [1.82, 2.24) is 9.78 Å². The van der Waals surface area contributed by atoms with Crippen molar-refractivity contribution in [2.45, 2.75) is 6.42 Å². The molecule has 2 aromatic rings. The van der Waals surface area contributed by atoms with Crippen molar-refractivity contribution in [3.05, 3.63) is 30.6 Å². The normalized spacial score (nSPS) is 16.8. The van der Waals surface area contributed by atoms with Gasteiger partial charge in [-0.3, -0.25) is 14.3 Å². The fourth-order valence-corrected chi connectivity index (χ4v) is 2.86. The van der Waals surface area contributed by atoms with Crippen molar-refractivity contribution < 1.29 is 19.1 Å². The maximum Gasteiger partial charge on any atom is 0.229 e. The zero-order valence-electron chi connectivity index (χ0n) is 14.4. The second-order valence-corrected chi connectivity index (χ2v) is 5.84. The first kappa shape index (κ1) is 16.8. The second kappa shape index (κ2) is 6.84. The molecule has 0 aliphatic carbocycles. The molecule has 2 amide bonds. The Labute approximate surface area is 145 Å². The molecule has 2 heterocycles. The summed E-state index contributed by atoms with van der Waals surface area (Å²) in [5, 5.41) is 6.80. The van der Waals surface area contributed by atoms with Gasteiger partial charge in [0.25, 0.3) is 0 Å². The van der Waals surface area contributed by atoms with E-state index >= 15 is 0 Å². The van der Waals surface area contributed by atoms with Crippen LogP contribution < -0.4 is 19.7 Å². The van der Waals surface area contributed by atoms with Crippen LogP contribution in [0.1, 0.15) is 6.42 Å². The lowest BCUT2D eigenvalue weighted by Crippen LogP contribution is -2.28. The van der Waals surface area contributed by atoms with Gasteiger partial charge in [0.15, 0.2) is 11.5 Å². The number of rotatable bonds is 5. The lowest BCUT2D eigenvalue weighted by molar-refractivity contribution is -0.122. The van der Waals surface area contributed by atoms with E-state index in [2.05, 4.69) is 10.4 Å². The van der Waals surface area contributed by atoms with Crippen molar-refractivity contribution in [2.75, 3.05) is 31.0 Å². The maximum atomic E-state index is 12.4. The Kier molecular flexibility index (Phi) is 4.60. The summed E-state index contributed by atoms with van der Waals surface area (Å²) in [6.45, 7) is 0.320. The molecule has 8 heteroatoms. The first-order valence-electron chi connectivity index (χ1n) is 7.83. The Bertz CT molecular complexity index is 802. The van der Waals surface area contributed by atoms with E-state index in [-0.39, 0.29) is 18.2 Å². The van der Waals surface area contributed by atoms with Crippen LogP contribution in [0.25, 0.3) is 0 Å². The third-order valence-electron chi connectivity index (χ3n) is 4.15. The van der Waals surface area contributed by atoms with Gasteiger partial charge in [-0.15, -0.1) is 0 Å². The third kappa shape index (κ3) is 3.42. The van der Waals surface area contributed by atoms with Crippen LogP contribution in [0.4, 0.5) is 11.4 Å². The van der Waals surface area contributed by atoms with Gasteiger partial charge < -0.3 is 19.7 Å². The number of ether oxygens (including phenoxy) is 2. The monoisotopic (exact) mass is 344 g/mol. The minimum absolute atomic E-state index is 0.0986. The largest absolute Gasteiger partial charge is 0.493 e. The highest BCUT2D eigenvalue weighted by Crippen LogP contribution is 2.34. The summed E-state index contributed by atoms with van der Waals surface area (Å²) in [6.07, 6.45) is 3.45. The number of carbonyl (C=O) groups excluding carboxylic acids is 2. The molecule has 132 valence electrons. The number of carbonyl (C=O) groups is 2. The smallest absolute Gasteiger partial charge is 0.229 e. The van der Waals surface area contributed by atoms with E-state index in [1.54, 1.807) is 54.3 Å². The van der Waals surface area contributed by atoms with Crippen molar-refractivity contribution in [1.29, 1.82) is 0 Å². The van der Waals surface area contributed by atoms with E-state index < -0.39 is 5.92 Å². The number of nitrogens with one attached hydrogen (secondary N) is 1. The molecule has 25 heavy (non-hydrogen) atoms. The van der Waals surface area contributed by atoms with Crippen LogP contribution in [-0.2, 0) is 16.6 Å². The SMILES string of the molecule is COc1ccc(N2CC(C(=O)Nc3cnn(C)c3)CC2=O)cc1OC. The van der Waals surface area contributed by atoms with Crippen LogP contribution in [0.15, 0.2) is 30.6 Å². The molecule has 0 saturated carbocycles. The minimum Gasteiger partial charge on any atom is -0.493 e. The molecule has 1 atom stereocenters. The van der Waals surface area contributed by atoms with Gasteiger partial charge in [-0.2, -0.15) is 5.10 Å². The number of benzene rings is 1. The number of nitrogens with zero attached hydrogens (tertiary/aromatic N) is 3. The molecule has 1 aliphatic heterocycles. The molecular weight excluding hydrogens is 324 g/mol. The van der Waals surface area contributed by atoms with Gasteiger partial charge in [0.2, 0.25) is 11.8 Å². The summed E-state index contributed by atoms with van der Waals surface area (Å²) in [7, 11) is 4.86. The molecular formula is C17H20N4O4. The number of aryl methyl sites for hydroxylation is 1. The zero-order valence-corrected chi connectivity index (χ0v) is 14.4. The van der Waals surface area contributed by atoms with E-state index in [1.807, 2.05) is 0 Å². The molecule has 1 saturated heterocycles. The first-order valence-corrected chi connectivity index (χ1v) is 7.83. The highest BCUT2D eigenvalue weighted by Gasteiger charge is 2.35. The minimum atomic E-state index is -0.416. The molecule has 1 aromatic heterocycles. The third-order valence-corrected chi connectivity index (χ3v) is 4.15. The summed E-state index contributed by atoms with van der Waals surface area (Å²) in [6, 6.07) is 5.25. The lowest BCUT2D eigenvalue weighted by Gasteiger charge is -2.18. The van der Waals surface area contributed by atoms with Gasteiger partial charge in [-0.25, -0.2) is 0 Å². The van der Waals surface area contributed by atoms with E-state index in [4.69, 9.17) is 9.47 Å². The Balaban J connectivity index is 1.73. The Morgan fingerprint density at radius 2 is 2.04 bits per heavy atom. The van der Waals surface area contributed by atoms with Gasteiger partial charge in [0.05, 0.1) is 32.0 Å². The Hall–Kier alpha value is -3.03. The molecule has 1 aliphatic rings. The molecule has 0 spiro atoms. The van der Waals surface area contributed by atoms with Crippen molar-refractivity contribution >= 4 is 23.2 Å². The summed E-state index contributed by atoms with van der Waals surface area (Å²) >= 11 is 0. The molecule has 1 aromatic carbocycles. The van der Waals surface area contributed by atoms with Crippen LogP contribution in [-0.4, -0.2) is 42.4 Å². The fraction of sp³-hybridized carbons (Fsp3) is 0.353.